The number of rotatable bonds is 6. The Morgan fingerprint density at radius 1 is 1.04 bits per heavy atom. The third-order valence-corrected chi connectivity index (χ3v) is 6.70. The van der Waals surface area contributed by atoms with Gasteiger partial charge in [-0.1, -0.05) is 26.8 Å². The molecule has 0 aliphatic carbocycles. The zero-order valence-corrected chi connectivity index (χ0v) is 16.2. The van der Waals surface area contributed by atoms with Gasteiger partial charge >= 0.3 is 0 Å². The third kappa shape index (κ3) is 5.27. The number of sulfonamides is 2. The lowest BCUT2D eigenvalue weighted by molar-refractivity contribution is 0.574. The lowest BCUT2D eigenvalue weighted by Crippen LogP contribution is -2.33. The molecule has 0 aliphatic rings. The average molecular weight is 363 g/mol. The molecule has 0 heterocycles. The molecule has 1 aromatic rings. The van der Waals surface area contributed by atoms with Gasteiger partial charge in [-0.2, -0.15) is 0 Å². The van der Waals surface area contributed by atoms with E-state index in [1.807, 2.05) is 33.8 Å². The third-order valence-electron chi connectivity index (χ3n) is 3.75. The van der Waals surface area contributed by atoms with Crippen molar-refractivity contribution in [3.8, 4) is 0 Å². The molecule has 1 aromatic carbocycles. The standard InChI is InChI=1S/C15H26N2O4S2/c1-11-9-13(15(3,4)5)10-14(12(11)2)23(20,21)17-7-8-22(18,19)16-6/h9-10,16-17H,7-8H2,1-6H3. The summed E-state index contributed by atoms with van der Waals surface area (Å²) < 4.78 is 52.3. The molecule has 0 amide bonds. The minimum absolute atomic E-state index is 0.177. The molecule has 1 rings (SSSR count). The van der Waals surface area contributed by atoms with E-state index >= 15 is 0 Å². The van der Waals surface area contributed by atoms with Crippen LogP contribution in [0.2, 0.25) is 0 Å². The fourth-order valence-electron chi connectivity index (χ4n) is 2.03. The van der Waals surface area contributed by atoms with Gasteiger partial charge in [-0.25, -0.2) is 26.3 Å². The summed E-state index contributed by atoms with van der Waals surface area (Å²) in [5, 5.41) is 0. The smallest absolute Gasteiger partial charge is 0.218 e. The van der Waals surface area contributed by atoms with Crippen LogP contribution in [0.5, 0.6) is 0 Å². The van der Waals surface area contributed by atoms with Crippen molar-refractivity contribution < 1.29 is 16.8 Å². The molecule has 0 aliphatic heterocycles. The van der Waals surface area contributed by atoms with Gasteiger partial charge in [0.2, 0.25) is 20.0 Å². The van der Waals surface area contributed by atoms with E-state index in [0.29, 0.717) is 5.56 Å². The van der Waals surface area contributed by atoms with Crippen LogP contribution in [0.4, 0.5) is 0 Å². The number of aryl methyl sites for hydroxylation is 1. The summed E-state index contributed by atoms with van der Waals surface area (Å²) in [6, 6.07) is 3.65. The van der Waals surface area contributed by atoms with Crippen LogP contribution >= 0.6 is 0 Å². The highest BCUT2D eigenvalue weighted by molar-refractivity contribution is 7.90. The lowest BCUT2D eigenvalue weighted by atomic mass is 9.85. The number of benzene rings is 1. The molecule has 2 N–H and O–H groups in total. The first kappa shape index (κ1) is 20.1. The summed E-state index contributed by atoms with van der Waals surface area (Å²) in [4.78, 5) is 0.198. The molecule has 0 atom stereocenters. The zero-order chi connectivity index (χ0) is 18.1. The second kappa shape index (κ2) is 6.88. The molecule has 6 nitrogen and oxygen atoms in total. The van der Waals surface area contributed by atoms with Crippen molar-refractivity contribution >= 4 is 20.0 Å². The Bertz CT molecular complexity index is 776. The van der Waals surface area contributed by atoms with Gasteiger partial charge in [-0.3, -0.25) is 0 Å². The molecule has 0 saturated heterocycles. The van der Waals surface area contributed by atoms with E-state index < -0.39 is 20.0 Å². The molecule has 0 spiro atoms. The van der Waals surface area contributed by atoms with Gasteiger partial charge in [0.1, 0.15) is 0 Å². The molecule has 0 radical (unpaired) electrons. The van der Waals surface area contributed by atoms with Gasteiger partial charge in [-0.05, 0) is 49.1 Å². The van der Waals surface area contributed by atoms with Gasteiger partial charge in [-0.15, -0.1) is 0 Å². The Morgan fingerprint density at radius 3 is 2.09 bits per heavy atom. The second-order valence-electron chi connectivity index (χ2n) is 6.59. The minimum Gasteiger partial charge on any atom is -0.218 e. The fourth-order valence-corrected chi connectivity index (χ4v) is 4.11. The van der Waals surface area contributed by atoms with Crippen LogP contribution in [0.25, 0.3) is 0 Å². The first-order valence-electron chi connectivity index (χ1n) is 7.33. The number of hydrogen-bond acceptors (Lipinski definition) is 4. The van der Waals surface area contributed by atoms with Crippen LogP contribution in [0, 0.1) is 13.8 Å². The Balaban J connectivity index is 3.16. The van der Waals surface area contributed by atoms with E-state index in [1.165, 1.54) is 7.05 Å². The maximum absolute atomic E-state index is 12.5. The summed E-state index contributed by atoms with van der Waals surface area (Å²) in [6.07, 6.45) is 0. The van der Waals surface area contributed by atoms with Crippen LogP contribution < -0.4 is 9.44 Å². The SMILES string of the molecule is CNS(=O)(=O)CCNS(=O)(=O)c1cc(C(C)(C)C)cc(C)c1C. The van der Waals surface area contributed by atoms with Crippen LogP contribution in [0.3, 0.4) is 0 Å². The topological polar surface area (TPSA) is 92.3 Å². The molecule has 23 heavy (non-hydrogen) atoms. The molecule has 132 valence electrons. The molecule has 0 saturated carbocycles. The fraction of sp³-hybridized carbons (Fsp3) is 0.600. The van der Waals surface area contributed by atoms with Crippen LogP contribution in [0.1, 0.15) is 37.5 Å². The normalized spacial score (nSPS) is 13.3. The van der Waals surface area contributed by atoms with E-state index in [2.05, 4.69) is 9.44 Å². The number of hydrogen-bond donors (Lipinski definition) is 2. The molecule has 0 fully saturated rings. The summed E-state index contributed by atoms with van der Waals surface area (Å²) >= 11 is 0. The quantitative estimate of drug-likeness (QED) is 0.801. The van der Waals surface area contributed by atoms with Crippen LogP contribution in [0.15, 0.2) is 17.0 Å². The van der Waals surface area contributed by atoms with Crippen molar-refractivity contribution in [1.29, 1.82) is 0 Å². The average Bonchev–Trinajstić information content (AvgIpc) is 2.39. The van der Waals surface area contributed by atoms with Crippen molar-refractivity contribution in [2.45, 2.75) is 44.9 Å². The van der Waals surface area contributed by atoms with Gasteiger partial charge in [0.15, 0.2) is 0 Å². The van der Waals surface area contributed by atoms with Crippen molar-refractivity contribution in [3.05, 3.63) is 28.8 Å². The summed E-state index contributed by atoms with van der Waals surface area (Å²) in [6.45, 7) is 9.49. The maximum Gasteiger partial charge on any atom is 0.240 e. The van der Waals surface area contributed by atoms with Gasteiger partial charge in [0.05, 0.1) is 10.6 Å². The van der Waals surface area contributed by atoms with E-state index in [-0.39, 0.29) is 22.6 Å². The van der Waals surface area contributed by atoms with Crippen molar-refractivity contribution in [2.75, 3.05) is 19.3 Å². The zero-order valence-electron chi connectivity index (χ0n) is 14.5. The Labute approximate surface area is 139 Å². The largest absolute Gasteiger partial charge is 0.240 e. The predicted molar refractivity (Wildman–Crippen MR) is 92.7 cm³/mol. The molecule has 0 aromatic heterocycles. The second-order valence-corrected chi connectivity index (χ2v) is 10.4. The molecule has 0 unspecified atom stereocenters. The summed E-state index contributed by atoms with van der Waals surface area (Å²) in [5.74, 6) is -0.306. The first-order valence-corrected chi connectivity index (χ1v) is 10.5. The monoisotopic (exact) mass is 362 g/mol. The molecule has 8 heteroatoms. The minimum atomic E-state index is -3.77. The highest BCUT2D eigenvalue weighted by Gasteiger charge is 2.23. The summed E-state index contributed by atoms with van der Waals surface area (Å²) in [5.41, 5.74) is 2.30. The lowest BCUT2D eigenvalue weighted by Gasteiger charge is -2.22. The highest BCUT2D eigenvalue weighted by atomic mass is 32.2. The molecule has 0 bridgehead atoms. The van der Waals surface area contributed by atoms with E-state index in [0.717, 1.165) is 11.1 Å². The van der Waals surface area contributed by atoms with E-state index in [1.54, 1.807) is 13.0 Å². The van der Waals surface area contributed by atoms with Crippen molar-refractivity contribution in [1.82, 2.24) is 9.44 Å². The summed E-state index contributed by atoms with van der Waals surface area (Å²) in [7, 11) is -5.92. The van der Waals surface area contributed by atoms with E-state index in [4.69, 9.17) is 0 Å². The Morgan fingerprint density at radius 2 is 1.61 bits per heavy atom. The maximum atomic E-state index is 12.5. The van der Waals surface area contributed by atoms with Crippen LogP contribution in [-0.4, -0.2) is 36.2 Å². The molecular weight excluding hydrogens is 336 g/mol. The predicted octanol–water partition coefficient (Wildman–Crippen LogP) is 1.43. The number of nitrogens with one attached hydrogen (secondary N) is 2. The van der Waals surface area contributed by atoms with Crippen LogP contribution in [-0.2, 0) is 25.5 Å². The van der Waals surface area contributed by atoms with Gasteiger partial charge < -0.3 is 0 Å². The Hall–Kier alpha value is -0.960. The first-order chi connectivity index (χ1) is 10.3. The molecular formula is C15H26N2O4S2. The van der Waals surface area contributed by atoms with Gasteiger partial charge in [0, 0.05) is 6.54 Å². The van der Waals surface area contributed by atoms with Crippen molar-refractivity contribution in [2.24, 2.45) is 0 Å². The van der Waals surface area contributed by atoms with Gasteiger partial charge in [0.25, 0.3) is 0 Å². The Kier molecular flexibility index (Phi) is 6.01. The van der Waals surface area contributed by atoms with E-state index in [9.17, 15) is 16.8 Å². The van der Waals surface area contributed by atoms with Crippen molar-refractivity contribution in [3.63, 3.8) is 0 Å². The highest BCUT2D eigenvalue weighted by Crippen LogP contribution is 2.28.